The van der Waals surface area contributed by atoms with E-state index in [-0.39, 0.29) is 5.82 Å². The molecule has 4 heteroatoms. The first-order valence-corrected chi connectivity index (χ1v) is 9.73. The number of nitrogens with zero attached hydrogens (tertiary/aromatic N) is 1. The topological polar surface area (TPSA) is 42.2 Å². The smallest absolute Gasteiger partial charge is 0.181 e. The van der Waals surface area contributed by atoms with Crippen LogP contribution < -0.4 is 9.47 Å². The molecule has 0 aromatic heterocycles. The molecular weight excluding hydrogens is 341 g/mol. The van der Waals surface area contributed by atoms with E-state index in [0.29, 0.717) is 18.1 Å². The quantitative estimate of drug-likeness (QED) is 0.423. The van der Waals surface area contributed by atoms with E-state index in [1.165, 1.54) is 31.7 Å². The first kappa shape index (κ1) is 20.8. The molecule has 27 heavy (non-hydrogen) atoms. The summed E-state index contributed by atoms with van der Waals surface area (Å²) in [6.45, 7) is 4.44. The summed E-state index contributed by atoms with van der Waals surface area (Å²) in [5, 5.41) is 8.78. The molecule has 1 atom stereocenters. The third-order valence-corrected chi connectivity index (χ3v) is 4.37. The molecule has 0 spiro atoms. The van der Waals surface area contributed by atoms with Gasteiger partial charge in [0.1, 0.15) is 11.8 Å². The Morgan fingerprint density at radius 1 is 0.963 bits per heavy atom. The van der Waals surface area contributed by atoms with Crippen molar-refractivity contribution in [3.63, 3.8) is 0 Å². The minimum absolute atomic E-state index is 0.301. The zero-order valence-corrected chi connectivity index (χ0v) is 16.2. The van der Waals surface area contributed by atoms with Gasteiger partial charge in [0, 0.05) is 0 Å². The maximum absolute atomic E-state index is 14.3. The Bertz CT molecular complexity index is 737. The molecule has 2 rings (SSSR count). The fraction of sp³-hybridized carbons (Fsp3) is 0.435. The minimum Gasteiger partial charge on any atom is -0.491 e. The van der Waals surface area contributed by atoms with Crippen molar-refractivity contribution in [1.29, 1.82) is 5.26 Å². The van der Waals surface area contributed by atoms with Crippen molar-refractivity contribution in [2.24, 2.45) is 0 Å². The summed E-state index contributed by atoms with van der Waals surface area (Å²) in [6, 6.07) is 14.3. The summed E-state index contributed by atoms with van der Waals surface area (Å²) in [5.41, 5.74) is 1.66. The van der Waals surface area contributed by atoms with Crippen molar-refractivity contribution < 1.29 is 13.9 Å². The molecular formula is C23H28FNO2. The molecule has 3 nitrogen and oxygen atoms in total. The number of hydrogen-bond acceptors (Lipinski definition) is 3. The van der Waals surface area contributed by atoms with Gasteiger partial charge in [-0.15, -0.1) is 0 Å². The van der Waals surface area contributed by atoms with Crippen molar-refractivity contribution in [3.05, 3.63) is 48.3 Å². The van der Waals surface area contributed by atoms with Gasteiger partial charge < -0.3 is 9.47 Å². The Balaban J connectivity index is 1.87. The third-order valence-electron chi connectivity index (χ3n) is 4.37. The second-order valence-corrected chi connectivity index (χ2v) is 6.67. The van der Waals surface area contributed by atoms with Crippen molar-refractivity contribution in [2.45, 2.75) is 58.5 Å². The van der Waals surface area contributed by atoms with Gasteiger partial charge in [-0.3, -0.25) is 0 Å². The first-order chi connectivity index (χ1) is 13.1. The Morgan fingerprint density at radius 2 is 1.63 bits per heavy atom. The van der Waals surface area contributed by atoms with Gasteiger partial charge >= 0.3 is 0 Å². The summed E-state index contributed by atoms with van der Waals surface area (Å²) in [6.07, 6.45) is 6.57. The lowest BCUT2D eigenvalue weighted by Crippen LogP contribution is -2.07. The highest BCUT2D eigenvalue weighted by molar-refractivity contribution is 5.65. The Kier molecular flexibility index (Phi) is 8.64. The number of hydrogen-bond donors (Lipinski definition) is 0. The highest BCUT2D eigenvalue weighted by Gasteiger charge is 2.07. The molecule has 144 valence electrons. The Hall–Kier alpha value is -2.54. The van der Waals surface area contributed by atoms with Crippen molar-refractivity contribution in [3.8, 4) is 28.7 Å². The lowest BCUT2D eigenvalue weighted by atomic mass is 10.1. The van der Waals surface area contributed by atoms with E-state index in [1.807, 2.05) is 24.3 Å². The monoisotopic (exact) mass is 369 g/mol. The highest BCUT2D eigenvalue weighted by Crippen LogP contribution is 2.27. The van der Waals surface area contributed by atoms with E-state index in [0.717, 1.165) is 24.0 Å². The molecule has 0 amide bonds. The van der Waals surface area contributed by atoms with Gasteiger partial charge in [0.2, 0.25) is 0 Å². The normalized spacial score (nSPS) is 11.6. The zero-order chi connectivity index (χ0) is 19.5. The van der Waals surface area contributed by atoms with Crippen LogP contribution in [0.4, 0.5) is 4.39 Å². The Morgan fingerprint density at radius 3 is 2.30 bits per heavy atom. The molecule has 0 aliphatic carbocycles. The van der Waals surface area contributed by atoms with E-state index in [2.05, 4.69) is 6.92 Å². The van der Waals surface area contributed by atoms with Gasteiger partial charge in [-0.05, 0) is 48.7 Å². The van der Waals surface area contributed by atoms with Crippen molar-refractivity contribution in [2.75, 3.05) is 6.61 Å². The van der Waals surface area contributed by atoms with Crippen LogP contribution in [0.1, 0.15) is 52.4 Å². The average Bonchev–Trinajstić information content (AvgIpc) is 2.68. The Labute approximate surface area is 161 Å². The number of benzene rings is 2. The predicted molar refractivity (Wildman–Crippen MR) is 106 cm³/mol. The van der Waals surface area contributed by atoms with Crippen LogP contribution in [-0.2, 0) is 0 Å². The number of rotatable bonds is 11. The third kappa shape index (κ3) is 6.94. The van der Waals surface area contributed by atoms with Gasteiger partial charge in [0.05, 0.1) is 6.61 Å². The highest BCUT2D eigenvalue weighted by atomic mass is 19.1. The van der Waals surface area contributed by atoms with Crippen LogP contribution in [0.3, 0.4) is 0 Å². The van der Waals surface area contributed by atoms with Gasteiger partial charge in [-0.25, -0.2) is 4.39 Å². The zero-order valence-electron chi connectivity index (χ0n) is 16.2. The molecule has 2 aromatic carbocycles. The predicted octanol–water partition coefficient (Wildman–Crippen LogP) is 6.52. The van der Waals surface area contributed by atoms with Crippen LogP contribution in [0, 0.1) is 17.1 Å². The molecule has 0 heterocycles. The van der Waals surface area contributed by atoms with Crippen LogP contribution in [-0.4, -0.2) is 12.7 Å². The average molecular weight is 369 g/mol. The maximum Gasteiger partial charge on any atom is 0.181 e. The van der Waals surface area contributed by atoms with Crippen molar-refractivity contribution in [1.82, 2.24) is 0 Å². The van der Waals surface area contributed by atoms with E-state index >= 15 is 0 Å². The van der Waals surface area contributed by atoms with E-state index in [9.17, 15) is 4.39 Å². The molecule has 0 bridgehead atoms. The largest absolute Gasteiger partial charge is 0.491 e. The molecule has 0 saturated heterocycles. The molecule has 0 aliphatic heterocycles. The number of ether oxygens (including phenoxy) is 2. The molecule has 0 fully saturated rings. The second kappa shape index (κ2) is 11.2. The second-order valence-electron chi connectivity index (χ2n) is 6.67. The molecule has 1 unspecified atom stereocenters. The van der Waals surface area contributed by atoms with Crippen LogP contribution >= 0.6 is 0 Å². The molecule has 0 aliphatic rings. The van der Waals surface area contributed by atoms with Gasteiger partial charge in [-0.1, -0.05) is 57.2 Å². The SMILES string of the molecule is CCCCCCCCOc1ccc(-c2ccc(OC(C)C#N)cc2)cc1F. The lowest BCUT2D eigenvalue weighted by molar-refractivity contribution is 0.276. The number of nitriles is 1. The van der Waals surface area contributed by atoms with E-state index < -0.39 is 6.10 Å². The van der Waals surface area contributed by atoms with E-state index in [4.69, 9.17) is 14.7 Å². The van der Waals surface area contributed by atoms with Gasteiger partial charge in [0.15, 0.2) is 17.7 Å². The minimum atomic E-state index is -0.503. The lowest BCUT2D eigenvalue weighted by Gasteiger charge is -2.10. The summed E-state index contributed by atoms with van der Waals surface area (Å²) in [7, 11) is 0. The summed E-state index contributed by atoms with van der Waals surface area (Å²) < 4.78 is 25.3. The molecule has 0 saturated carbocycles. The summed E-state index contributed by atoms with van der Waals surface area (Å²) in [5.74, 6) is 0.569. The van der Waals surface area contributed by atoms with Gasteiger partial charge in [-0.2, -0.15) is 5.26 Å². The van der Waals surface area contributed by atoms with Crippen LogP contribution in [0.5, 0.6) is 11.5 Å². The van der Waals surface area contributed by atoms with E-state index in [1.54, 1.807) is 25.1 Å². The van der Waals surface area contributed by atoms with Crippen LogP contribution in [0.2, 0.25) is 0 Å². The first-order valence-electron chi connectivity index (χ1n) is 9.73. The molecule has 0 N–H and O–H groups in total. The molecule has 0 radical (unpaired) electrons. The number of unbranched alkanes of at least 4 members (excludes halogenated alkanes) is 5. The van der Waals surface area contributed by atoms with Crippen LogP contribution in [0.25, 0.3) is 11.1 Å². The molecule has 2 aromatic rings. The van der Waals surface area contributed by atoms with Crippen LogP contribution in [0.15, 0.2) is 42.5 Å². The fourth-order valence-electron chi connectivity index (χ4n) is 2.82. The standard InChI is InChI=1S/C23H28FNO2/c1-3-4-5-6-7-8-15-26-23-14-11-20(16-22(23)24)19-9-12-21(13-10-19)27-18(2)17-25/h9-14,16,18H,3-8,15H2,1-2H3. The number of halogens is 1. The van der Waals surface area contributed by atoms with Crippen molar-refractivity contribution >= 4 is 0 Å². The fourth-order valence-corrected chi connectivity index (χ4v) is 2.82. The van der Waals surface area contributed by atoms with Gasteiger partial charge in [0.25, 0.3) is 0 Å². The summed E-state index contributed by atoms with van der Waals surface area (Å²) in [4.78, 5) is 0. The summed E-state index contributed by atoms with van der Waals surface area (Å²) >= 11 is 0. The maximum atomic E-state index is 14.3.